The van der Waals surface area contributed by atoms with Crippen LogP contribution < -0.4 is 10.6 Å². The SMILES string of the molecule is CC(C)(C)OC(=O)NCCCC(CC(=O)O)NC(=O)OC(C)(C)C. The molecule has 0 heterocycles. The van der Waals surface area contributed by atoms with Crippen molar-refractivity contribution in [3.05, 3.63) is 0 Å². The van der Waals surface area contributed by atoms with Gasteiger partial charge in [0.05, 0.1) is 6.42 Å². The molecule has 0 bridgehead atoms. The molecule has 0 aromatic rings. The van der Waals surface area contributed by atoms with Crippen LogP contribution in [-0.2, 0) is 14.3 Å². The molecule has 0 rings (SSSR count). The van der Waals surface area contributed by atoms with Crippen molar-refractivity contribution in [3.63, 3.8) is 0 Å². The number of hydrogen-bond donors (Lipinski definition) is 3. The molecular formula is C16H30N2O6. The number of ether oxygens (including phenoxy) is 2. The number of carbonyl (C=O) groups is 3. The lowest BCUT2D eigenvalue weighted by atomic mass is 10.1. The number of carboxylic acids is 1. The van der Waals surface area contributed by atoms with Crippen molar-refractivity contribution in [2.45, 2.75) is 78.0 Å². The number of carboxylic acid groups (broad SMARTS) is 1. The highest BCUT2D eigenvalue weighted by molar-refractivity contribution is 5.71. The highest BCUT2D eigenvalue weighted by Crippen LogP contribution is 2.09. The van der Waals surface area contributed by atoms with Gasteiger partial charge in [0.2, 0.25) is 0 Å². The number of nitrogens with one attached hydrogen (secondary N) is 2. The molecule has 140 valence electrons. The summed E-state index contributed by atoms with van der Waals surface area (Å²) in [6.45, 7) is 10.8. The first kappa shape index (κ1) is 22.0. The minimum atomic E-state index is -1.02. The Morgan fingerprint density at radius 2 is 1.46 bits per heavy atom. The summed E-state index contributed by atoms with van der Waals surface area (Å²) in [5.41, 5.74) is -1.23. The zero-order chi connectivity index (χ0) is 19.0. The van der Waals surface area contributed by atoms with Gasteiger partial charge in [-0.3, -0.25) is 4.79 Å². The Bertz CT molecular complexity index is 437. The second-order valence-electron chi connectivity index (χ2n) is 7.51. The molecule has 0 saturated heterocycles. The van der Waals surface area contributed by atoms with E-state index in [4.69, 9.17) is 14.6 Å². The van der Waals surface area contributed by atoms with Gasteiger partial charge in [0.1, 0.15) is 11.2 Å². The molecule has 8 nitrogen and oxygen atoms in total. The molecule has 0 radical (unpaired) electrons. The van der Waals surface area contributed by atoms with Crippen LogP contribution in [0.4, 0.5) is 9.59 Å². The minimum absolute atomic E-state index is 0.217. The van der Waals surface area contributed by atoms with Crippen LogP contribution in [0.3, 0.4) is 0 Å². The summed E-state index contributed by atoms with van der Waals surface area (Å²) in [4.78, 5) is 34.1. The highest BCUT2D eigenvalue weighted by atomic mass is 16.6. The standard InChI is InChI=1S/C16H30N2O6/c1-15(2,3)23-13(21)17-9-7-8-11(10-12(19)20)18-14(22)24-16(4,5)6/h11H,7-10H2,1-6H3,(H,17,21)(H,18,22)(H,19,20). The molecule has 0 aliphatic carbocycles. The minimum Gasteiger partial charge on any atom is -0.481 e. The van der Waals surface area contributed by atoms with Crippen molar-refractivity contribution < 1.29 is 29.0 Å². The van der Waals surface area contributed by atoms with Crippen molar-refractivity contribution in [1.29, 1.82) is 0 Å². The molecule has 8 heteroatoms. The van der Waals surface area contributed by atoms with Crippen LogP contribution in [0.2, 0.25) is 0 Å². The third-order valence-corrected chi connectivity index (χ3v) is 2.54. The molecule has 0 spiro atoms. The van der Waals surface area contributed by atoms with E-state index >= 15 is 0 Å². The fourth-order valence-electron chi connectivity index (χ4n) is 1.76. The Kier molecular flexibility index (Phi) is 8.57. The van der Waals surface area contributed by atoms with E-state index in [0.717, 1.165) is 0 Å². The Labute approximate surface area is 143 Å². The lowest BCUT2D eigenvalue weighted by Crippen LogP contribution is -2.40. The molecule has 2 amide bonds. The van der Waals surface area contributed by atoms with E-state index in [1.807, 2.05) is 0 Å². The Morgan fingerprint density at radius 1 is 0.958 bits per heavy atom. The maximum Gasteiger partial charge on any atom is 0.407 e. The van der Waals surface area contributed by atoms with E-state index in [1.54, 1.807) is 41.5 Å². The first-order chi connectivity index (χ1) is 10.8. The van der Waals surface area contributed by atoms with Crippen LogP contribution in [0.15, 0.2) is 0 Å². The molecule has 0 aromatic heterocycles. The molecule has 0 aliphatic rings. The van der Waals surface area contributed by atoms with Crippen molar-refractivity contribution >= 4 is 18.2 Å². The van der Waals surface area contributed by atoms with Gasteiger partial charge in [0.25, 0.3) is 0 Å². The van der Waals surface area contributed by atoms with Crippen LogP contribution >= 0.6 is 0 Å². The quantitative estimate of drug-likeness (QED) is 0.611. The highest BCUT2D eigenvalue weighted by Gasteiger charge is 2.21. The van der Waals surface area contributed by atoms with Gasteiger partial charge in [0, 0.05) is 12.6 Å². The fraction of sp³-hybridized carbons (Fsp3) is 0.812. The average molecular weight is 346 g/mol. The lowest BCUT2D eigenvalue weighted by Gasteiger charge is -2.23. The maximum atomic E-state index is 11.7. The van der Waals surface area contributed by atoms with Crippen LogP contribution in [0.5, 0.6) is 0 Å². The number of alkyl carbamates (subject to hydrolysis) is 2. The third-order valence-electron chi connectivity index (χ3n) is 2.54. The van der Waals surface area contributed by atoms with Gasteiger partial charge in [0.15, 0.2) is 0 Å². The van der Waals surface area contributed by atoms with E-state index in [9.17, 15) is 14.4 Å². The summed E-state index contributed by atoms with van der Waals surface area (Å²) >= 11 is 0. The number of amides is 2. The van der Waals surface area contributed by atoms with Gasteiger partial charge in [-0.1, -0.05) is 0 Å². The number of carbonyl (C=O) groups excluding carboxylic acids is 2. The van der Waals surface area contributed by atoms with Crippen LogP contribution in [0.1, 0.15) is 60.8 Å². The van der Waals surface area contributed by atoms with Crippen LogP contribution in [0, 0.1) is 0 Å². The first-order valence-corrected chi connectivity index (χ1v) is 7.96. The molecule has 1 unspecified atom stereocenters. The van der Waals surface area contributed by atoms with Gasteiger partial charge < -0.3 is 25.2 Å². The molecule has 0 aliphatic heterocycles. The summed E-state index contributed by atoms with van der Waals surface area (Å²) < 4.78 is 10.2. The summed E-state index contributed by atoms with van der Waals surface area (Å²) in [5, 5.41) is 14.1. The normalized spacial score (nSPS) is 12.9. The number of rotatable bonds is 7. The molecule has 24 heavy (non-hydrogen) atoms. The smallest absolute Gasteiger partial charge is 0.407 e. The van der Waals surface area contributed by atoms with Crippen molar-refractivity contribution in [3.8, 4) is 0 Å². The van der Waals surface area contributed by atoms with E-state index in [0.29, 0.717) is 19.4 Å². The summed E-state index contributed by atoms with van der Waals surface area (Å²) in [6, 6.07) is -0.571. The molecule has 0 saturated carbocycles. The average Bonchev–Trinajstić information content (AvgIpc) is 2.28. The molecule has 3 N–H and O–H groups in total. The molecule has 1 atom stereocenters. The Morgan fingerprint density at radius 3 is 1.92 bits per heavy atom. The van der Waals surface area contributed by atoms with Gasteiger partial charge in [-0.25, -0.2) is 9.59 Å². The van der Waals surface area contributed by atoms with E-state index in [-0.39, 0.29) is 6.42 Å². The number of hydrogen-bond acceptors (Lipinski definition) is 5. The Hall–Kier alpha value is -1.99. The molecule has 0 fully saturated rings. The van der Waals surface area contributed by atoms with E-state index in [2.05, 4.69) is 10.6 Å². The summed E-state index contributed by atoms with van der Waals surface area (Å²) in [5.74, 6) is -1.02. The maximum absolute atomic E-state index is 11.7. The van der Waals surface area contributed by atoms with Crippen LogP contribution in [0.25, 0.3) is 0 Å². The predicted octanol–water partition coefficient (Wildman–Crippen LogP) is 2.66. The van der Waals surface area contributed by atoms with Gasteiger partial charge in [-0.2, -0.15) is 0 Å². The molecule has 0 aromatic carbocycles. The summed E-state index contributed by atoms with van der Waals surface area (Å²) in [6.07, 6.45) is -0.522. The zero-order valence-corrected chi connectivity index (χ0v) is 15.4. The molecular weight excluding hydrogens is 316 g/mol. The van der Waals surface area contributed by atoms with E-state index < -0.39 is 35.4 Å². The van der Waals surface area contributed by atoms with Gasteiger partial charge >= 0.3 is 18.2 Å². The first-order valence-electron chi connectivity index (χ1n) is 7.96. The van der Waals surface area contributed by atoms with Gasteiger partial charge in [-0.15, -0.1) is 0 Å². The largest absolute Gasteiger partial charge is 0.481 e. The Balaban J connectivity index is 4.27. The summed E-state index contributed by atoms with van der Waals surface area (Å²) in [7, 11) is 0. The monoisotopic (exact) mass is 346 g/mol. The van der Waals surface area contributed by atoms with Crippen molar-refractivity contribution in [1.82, 2.24) is 10.6 Å². The van der Waals surface area contributed by atoms with Crippen molar-refractivity contribution in [2.75, 3.05) is 6.54 Å². The van der Waals surface area contributed by atoms with Crippen molar-refractivity contribution in [2.24, 2.45) is 0 Å². The zero-order valence-electron chi connectivity index (χ0n) is 15.4. The topological polar surface area (TPSA) is 114 Å². The van der Waals surface area contributed by atoms with Crippen LogP contribution in [-0.4, -0.2) is 47.1 Å². The van der Waals surface area contributed by atoms with Gasteiger partial charge in [-0.05, 0) is 54.4 Å². The second kappa shape index (κ2) is 9.34. The second-order valence-corrected chi connectivity index (χ2v) is 7.51. The van der Waals surface area contributed by atoms with E-state index in [1.165, 1.54) is 0 Å². The third kappa shape index (κ3) is 13.7. The number of aliphatic carboxylic acids is 1. The predicted molar refractivity (Wildman–Crippen MR) is 88.9 cm³/mol. The fourth-order valence-corrected chi connectivity index (χ4v) is 1.76. The lowest BCUT2D eigenvalue weighted by molar-refractivity contribution is -0.137.